The molecular formula is C12H15N3O4S2. The number of rotatable bonds is 7. The molecule has 0 amide bonds. The summed E-state index contributed by atoms with van der Waals surface area (Å²) < 4.78 is 26.8. The van der Waals surface area contributed by atoms with Crippen molar-refractivity contribution in [2.45, 2.75) is 30.0 Å². The zero-order valence-electron chi connectivity index (χ0n) is 11.2. The second kappa shape index (κ2) is 6.37. The van der Waals surface area contributed by atoms with Gasteiger partial charge < -0.3 is 10.1 Å². The number of hydrogen-bond donors (Lipinski definition) is 3. The van der Waals surface area contributed by atoms with Crippen molar-refractivity contribution in [2.24, 2.45) is 0 Å². The maximum absolute atomic E-state index is 12.2. The van der Waals surface area contributed by atoms with Gasteiger partial charge in [-0.1, -0.05) is 6.92 Å². The molecule has 21 heavy (non-hydrogen) atoms. The number of nitrogens with zero attached hydrogens (tertiary/aromatic N) is 1. The number of nitrogens with one attached hydrogen (secondary N) is 2. The molecule has 0 radical (unpaired) electrons. The second-order valence-electron chi connectivity index (χ2n) is 4.37. The SMILES string of the molecule is CCc1ccc(S(=O)(=O)NC(Cc2cnc[nH]2)C(=O)O)s1. The van der Waals surface area contributed by atoms with Crippen LogP contribution in [-0.2, 0) is 27.7 Å². The maximum atomic E-state index is 12.2. The molecule has 114 valence electrons. The molecule has 2 rings (SSSR count). The molecule has 0 saturated carbocycles. The van der Waals surface area contributed by atoms with E-state index in [1.54, 1.807) is 6.07 Å². The molecule has 0 spiro atoms. The zero-order chi connectivity index (χ0) is 15.5. The second-order valence-corrected chi connectivity index (χ2v) is 7.48. The molecule has 0 aromatic carbocycles. The Morgan fingerprint density at radius 1 is 1.52 bits per heavy atom. The van der Waals surface area contributed by atoms with Gasteiger partial charge in [-0.15, -0.1) is 11.3 Å². The first-order chi connectivity index (χ1) is 9.92. The lowest BCUT2D eigenvalue weighted by molar-refractivity contribution is -0.138. The molecule has 0 aliphatic rings. The van der Waals surface area contributed by atoms with E-state index in [2.05, 4.69) is 14.7 Å². The van der Waals surface area contributed by atoms with Crippen molar-refractivity contribution in [1.29, 1.82) is 0 Å². The Bertz CT molecular complexity index is 707. The monoisotopic (exact) mass is 329 g/mol. The van der Waals surface area contributed by atoms with Crippen molar-refractivity contribution in [3.63, 3.8) is 0 Å². The number of carbonyl (C=O) groups is 1. The number of aromatic nitrogens is 2. The summed E-state index contributed by atoms with van der Waals surface area (Å²) in [6.07, 6.45) is 3.61. The first-order valence-corrected chi connectivity index (χ1v) is 8.53. The van der Waals surface area contributed by atoms with Gasteiger partial charge in [0, 0.05) is 23.2 Å². The Kier molecular flexibility index (Phi) is 4.76. The molecule has 2 aromatic rings. The third-order valence-electron chi connectivity index (χ3n) is 2.82. The van der Waals surface area contributed by atoms with E-state index >= 15 is 0 Å². The van der Waals surface area contributed by atoms with Crippen molar-refractivity contribution in [3.05, 3.63) is 35.2 Å². The molecule has 1 unspecified atom stereocenters. The van der Waals surface area contributed by atoms with Crippen molar-refractivity contribution in [2.75, 3.05) is 0 Å². The van der Waals surface area contributed by atoms with Crippen LogP contribution in [0.4, 0.5) is 0 Å². The third kappa shape index (κ3) is 3.90. The highest BCUT2D eigenvalue weighted by molar-refractivity contribution is 7.91. The van der Waals surface area contributed by atoms with Crippen LogP contribution in [-0.4, -0.2) is 35.5 Å². The lowest BCUT2D eigenvalue weighted by Crippen LogP contribution is -2.42. The first-order valence-electron chi connectivity index (χ1n) is 6.23. The molecular weight excluding hydrogens is 314 g/mol. The number of aromatic amines is 1. The predicted octanol–water partition coefficient (Wildman–Crippen LogP) is 1.01. The summed E-state index contributed by atoms with van der Waals surface area (Å²) in [5, 5.41) is 9.18. The molecule has 1 atom stereocenters. The molecule has 0 saturated heterocycles. The molecule has 9 heteroatoms. The average molecular weight is 329 g/mol. The molecule has 7 nitrogen and oxygen atoms in total. The van der Waals surface area contributed by atoms with Crippen LogP contribution in [0.2, 0.25) is 0 Å². The van der Waals surface area contributed by atoms with Crippen LogP contribution in [0.1, 0.15) is 17.5 Å². The highest BCUT2D eigenvalue weighted by atomic mass is 32.2. The fourth-order valence-corrected chi connectivity index (χ4v) is 4.23. The summed E-state index contributed by atoms with van der Waals surface area (Å²) in [5.41, 5.74) is 0.547. The normalized spacial score (nSPS) is 13.2. The minimum atomic E-state index is -3.84. The molecule has 0 aliphatic carbocycles. The van der Waals surface area contributed by atoms with E-state index in [1.807, 2.05) is 6.92 Å². The van der Waals surface area contributed by atoms with Crippen LogP contribution in [0.3, 0.4) is 0 Å². The average Bonchev–Trinajstić information content (AvgIpc) is 3.08. The maximum Gasteiger partial charge on any atom is 0.322 e. The molecule has 2 heterocycles. The summed E-state index contributed by atoms with van der Waals surface area (Å²) in [7, 11) is -3.84. The number of hydrogen-bond acceptors (Lipinski definition) is 5. The quantitative estimate of drug-likeness (QED) is 0.702. The molecule has 3 N–H and O–H groups in total. The minimum absolute atomic E-state index is 0.000569. The minimum Gasteiger partial charge on any atom is -0.480 e. The summed E-state index contributed by atoms with van der Waals surface area (Å²) >= 11 is 1.14. The van der Waals surface area contributed by atoms with Crippen LogP contribution in [0, 0.1) is 0 Å². The van der Waals surface area contributed by atoms with E-state index in [-0.39, 0.29) is 10.6 Å². The molecule has 2 aromatic heterocycles. The van der Waals surface area contributed by atoms with Gasteiger partial charge in [-0.2, -0.15) is 4.72 Å². The molecule has 0 aliphatic heterocycles. The van der Waals surface area contributed by atoms with Crippen LogP contribution in [0.5, 0.6) is 0 Å². The van der Waals surface area contributed by atoms with Gasteiger partial charge in [-0.25, -0.2) is 13.4 Å². The van der Waals surface area contributed by atoms with Crippen molar-refractivity contribution >= 4 is 27.3 Å². The first kappa shape index (κ1) is 15.7. The summed E-state index contributed by atoms with van der Waals surface area (Å²) in [5.74, 6) is -1.24. The number of carboxylic acids is 1. The van der Waals surface area contributed by atoms with E-state index in [0.717, 1.165) is 22.6 Å². The van der Waals surface area contributed by atoms with E-state index in [9.17, 15) is 18.3 Å². The van der Waals surface area contributed by atoms with Gasteiger partial charge in [0.25, 0.3) is 10.0 Å². The lowest BCUT2D eigenvalue weighted by Gasteiger charge is -2.13. The number of thiophene rings is 1. The standard InChI is InChI=1S/C12H15N3O4S2/c1-2-9-3-4-11(20-9)21(18,19)15-10(12(16)17)5-8-6-13-7-14-8/h3-4,6-7,10,15H,2,5H2,1H3,(H,13,14)(H,16,17). The van der Waals surface area contributed by atoms with Crippen LogP contribution in [0.15, 0.2) is 28.9 Å². The van der Waals surface area contributed by atoms with Crippen LogP contribution < -0.4 is 4.72 Å². The summed E-state index contributed by atoms with van der Waals surface area (Å²) in [4.78, 5) is 18.7. The smallest absolute Gasteiger partial charge is 0.322 e. The molecule has 0 fully saturated rings. The molecule has 0 bridgehead atoms. The van der Waals surface area contributed by atoms with Gasteiger partial charge in [-0.05, 0) is 18.6 Å². The van der Waals surface area contributed by atoms with E-state index in [0.29, 0.717) is 5.69 Å². The number of aryl methyl sites for hydroxylation is 1. The largest absolute Gasteiger partial charge is 0.480 e. The van der Waals surface area contributed by atoms with Crippen molar-refractivity contribution < 1.29 is 18.3 Å². The Morgan fingerprint density at radius 2 is 2.29 bits per heavy atom. The number of sulfonamides is 1. The topological polar surface area (TPSA) is 112 Å². The van der Waals surface area contributed by atoms with Crippen molar-refractivity contribution in [1.82, 2.24) is 14.7 Å². The van der Waals surface area contributed by atoms with E-state index in [1.165, 1.54) is 18.6 Å². The Hall–Kier alpha value is -1.71. The van der Waals surface area contributed by atoms with Crippen LogP contribution >= 0.6 is 11.3 Å². The summed E-state index contributed by atoms with van der Waals surface area (Å²) in [6.45, 7) is 1.92. The fraction of sp³-hybridized carbons (Fsp3) is 0.333. The van der Waals surface area contributed by atoms with Crippen LogP contribution in [0.25, 0.3) is 0 Å². The van der Waals surface area contributed by atoms with Gasteiger partial charge in [0.05, 0.1) is 6.33 Å². The number of imidazole rings is 1. The van der Waals surface area contributed by atoms with Crippen molar-refractivity contribution in [3.8, 4) is 0 Å². The van der Waals surface area contributed by atoms with Gasteiger partial charge in [-0.3, -0.25) is 4.79 Å². The number of aliphatic carboxylic acids is 1. The van der Waals surface area contributed by atoms with Gasteiger partial charge in [0.15, 0.2) is 0 Å². The van der Waals surface area contributed by atoms with E-state index < -0.39 is 22.0 Å². The van der Waals surface area contributed by atoms with Gasteiger partial charge in [0.1, 0.15) is 10.3 Å². The van der Waals surface area contributed by atoms with Gasteiger partial charge >= 0.3 is 5.97 Å². The number of carboxylic acid groups (broad SMARTS) is 1. The zero-order valence-corrected chi connectivity index (χ0v) is 12.9. The van der Waals surface area contributed by atoms with E-state index in [4.69, 9.17) is 0 Å². The predicted molar refractivity (Wildman–Crippen MR) is 77.7 cm³/mol. The Morgan fingerprint density at radius 3 is 2.81 bits per heavy atom. The Balaban J connectivity index is 2.17. The Labute approximate surface area is 126 Å². The number of H-pyrrole nitrogens is 1. The highest BCUT2D eigenvalue weighted by Gasteiger charge is 2.27. The lowest BCUT2D eigenvalue weighted by atomic mass is 10.2. The fourth-order valence-electron chi connectivity index (χ4n) is 1.73. The highest BCUT2D eigenvalue weighted by Crippen LogP contribution is 2.22. The third-order valence-corrected chi connectivity index (χ3v) is 6.02. The summed E-state index contributed by atoms with van der Waals surface area (Å²) in [6, 6.07) is 1.97. The van der Waals surface area contributed by atoms with Gasteiger partial charge in [0.2, 0.25) is 0 Å².